The maximum absolute atomic E-state index is 10.4. The zero-order valence-corrected chi connectivity index (χ0v) is 6.94. The van der Waals surface area contributed by atoms with Gasteiger partial charge in [0, 0.05) is 10.8 Å². The SMILES string of the molecule is Cc1sccc1C(C)C=O. The molecule has 1 atom stereocenters. The first-order valence-corrected chi connectivity index (χ1v) is 4.13. The highest BCUT2D eigenvalue weighted by atomic mass is 32.1. The summed E-state index contributed by atoms with van der Waals surface area (Å²) >= 11 is 1.69. The fraction of sp³-hybridized carbons (Fsp3) is 0.375. The van der Waals surface area contributed by atoms with Gasteiger partial charge in [0.15, 0.2) is 0 Å². The van der Waals surface area contributed by atoms with Crippen LogP contribution in [-0.4, -0.2) is 6.29 Å². The summed E-state index contributed by atoms with van der Waals surface area (Å²) in [5.41, 5.74) is 1.17. The molecule has 1 heterocycles. The Morgan fingerprint density at radius 1 is 1.70 bits per heavy atom. The van der Waals surface area contributed by atoms with Crippen molar-refractivity contribution < 1.29 is 4.79 Å². The van der Waals surface area contributed by atoms with Gasteiger partial charge in [-0.05, 0) is 23.9 Å². The molecule has 0 N–H and O–H groups in total. The van der Waals surface area contributed by atoms with Gasteiger partial charge in [0.05, 0.1) is 0 Å². The van der Waals surface area contributed by atoms with Crippen LogP contribution in [0.5, 0.6) is 0 Å². The van der Waals surface area contributed by atoms with Gasteiger partial charge in [-0.25, -0.2) is 0 Å². The van der Waals surface area contributed by atoms with Crippen LogP contribution in [0, 0.1) is 6.92 Å². The van der Waals surface area contributed by atoms with E-state index in [1.807, 2.05) is 25.3 Å². The second-order valence-corrected chi connectivity index (χ2v) is 3.48. The lowest BCUT2D eigenvalue weighted by molar-refractivity contribution is -0.108. The quantitative estimate of drug-likeness (QED) is 0.598. The molecule has 0 fully saturated rings. The molecular weight excluding hydrogens is 144 g/mol. The molecule has 10 heavy (non-hydrogen) atoms. The third kappa shape index (κ3) is 1.27. The molecule has 0 amide bonds. The molecule has 0 bridgehead atoms. The van der Waals surface area contributed by atoms with E-state index in [4.69, 9.17) is 0 Å². The molecule has 1 unspecified atom stereocenters. The molecule has 0 radical (unpaired) electrons. The van der Waals surface area contributed by atoms with Gasteiger partial charge >= 0.3 is 0 Å². The lowest BCUT2D eigenvalue weighted by Crippen LogP contribution is -1.92. The molecule has 0 spiro atoms. The lowest BCUT2D eigenvalue weighted by Gasteiger charge is -1.99. The van der Waals surface area contributed by atoms with E-state index in [0.29, 0.717) is 0 Å². The van der Waals surface area contributed by atoms with E-state index in [1.165, 1.54) is 10.4 Å². The maximum Gasteiger partial charge on any atom is 0.127 e. The summed E-state index contributed by atoms with van der Waals surface area (Å²) in [6.07, 6.45) is 0.981. The Balaban J connectivity index is 2.92. The summed E-state index contributed by atoms with van der Waals surface area (Å²) < 4.78 is 0. The van der Waals surface area contributed by atoms with E-state index in [2.05, 4.69) is 0 Å². The molecule has 0 aliphatic rings. The van der Waals surface area contributed by atoms with Crippen LogP contribution >= 0.6 is 11.3 Å². The predicted octanol–water partition coefficient (Wildman–Crippen LogP) is 2.36. The lowest BCUT2D eigenvalue weighted by atomic mass is 10.1. The van der Waals surface area contributed by atoms with Gasteiger partial charge in [-0.15, -0.1) is 11.3 Å². The van der Waals surface area contributed by atoms with Crippen LogP contribution in [-0.2, 0) is 4.79 Å². The minimum atomic E-state index is 0.0613. The van der Waals surface area contributed by atoms with Crippen molar-refractivity contribution in [1.29, 1.82) is 0 Å². The summed E-state index contributed by atoms with van der Waals surface area (Å²) in [5, 5.41) is 2.02. The van der Waals surface area contributed by atoms with Gasteiger partial charge in [-0.3, -0.25) is 0 Å². The molecule has 0 saturated carbocycles. The number of thiophene rings is 1. The first-order chi connectivity index (χ1) is 4.75. The molecule has 54 valence electrons. The van der Waals surface area contributed by atoms with Gasteiger partial charge in [0.1, 0.15) is 6.29 Å². The Morgan fingerprint density at radius 3 is 2.80 bits per heavy atom. The van der Waals surface area contributed by atoms with Crippen molar-refractivity contribution in [2.45, 2.75) is 19.8 Å². The van der Waals surface area contributed by atoms with Crippen LogP contribution in [0.1, 0.15) is 23.3 Å². The molecular formula is C8H10OS. The highest BCUT2D eigenvalue weighted by molar-refractivity contribution is 7.10. The summed E-state index contributed by atoms with van der Waals surface area (Å²) in [6.45, 7) is 3.96. The molecule has 1 aromatic heterocycles. The summed E-state index contributed by atoms with van der Waals surface area (Å²) in [7, 11) is 0. The van der Waals surface area contributed by atoms with E-state index >= 15 is 0 Å². The summed E-state index contributed by atoms with van der Waals surface area (Å²) in [5.74, 6) is 0.0613. The molecule has 0 aliphatic carbocycles. The van der Waals surface area contributed by atoms with Crippen molar-refractivity contribution in [1.82, 2.24) is 0 Å². The van der Waals surface area contributed by atoms with Crippen LogP contribution in [0.25, 0.3) is 0 Å². The molecule has 1 nitrogen and oxygen atoms in total. The largest absolute Gasteiger partial charge is 0.303 e. The van der Waals surface area contributed by atoms with E-state index in [9.17, 15) is 4.79 Å². The van der Waals surface area contributed by atoms with Gasteiger partial charge in [0.25, 0.3) is 0 Å². The van der Waals surface area contributed by atoms with E-state index < -0.39 is 0 Å². The van der Waals surface area contributed by atoms with Crippen molar-refractivity contribution in [2.75, 3.05) is 0 Å². The number of aryl methyl sites for hydroxylation is 1. The molecule has 2 heteroatoms. The van der Waals surface area contributed by atoms with Gasteiger partial charge < -0.3 is 4.79 Å². The number of rotatable bonds is 2. The fourth-order valence-corrected chi connectivity index (χ4v) is 1.75. The van der Waals surface area contributed by atoms with E-state index in [1.54, 1.807) is 11.3 Å². The van der Waals surface area contributed by atoms with Crippen molar-refractivity contribution >= 4 is 17.6 Å². The maximum atomic E-state index is 10.4. The highest BCUT2D eigenvalue weighted by Gasteiger charge is 2.06. The monoisotopic (exact) mass is 154 g/mol. The highest BCUT2D eigenvalue weighted by Crippen LogP contribution is 2.21. The Morgan fingerprint density at radius 2 is 2.40 bits per heavy atom. The molecule has 0 aliphatic heterocycles. The van der Waals surface area contributed by atoms with Gasteiger partial charge in [-0.1, -0.05) is 6.92 Å². The van der Waals surface area contributed by atoms with Crippen LogP contribution in [0.4, 0.5) is 0 Å². The summed E-state index contributed by atoms with van der Waals surface area (Å²) in [6, 6.07) is 2.01. The zero-order chi connectivity index (χ0) is 7.56. The third-order valence-corrected chi connectivity index (χ3v) is 2.46. The average Bonchev–Trinajstić information content (AvgIpc) is 2.34. The molecule has 0 aromatic carbocycles. The van der Waals surface area contributed by atoms with Crippen molar-refractivity contribution in [2.24, 2.45) is 0 Å². The van der Waals surface area contributed by atoms with E-state index in [0.717, 1.165) is 6.29 Å². The van der Waals surface area contributed by atoms with Gasteiger partial charge in [0.2, 0.25) is 0 Å². The Labute approximate surface area is 64.7 Å². The second-order valence-electron chi connectivity index (χ2n) is 2.36. The van der Waals surface area contributed by atoms with Gasteiger partial charge in [-0.2, -0.15) is 0 Å². The minimum absolute atomic E-state index is 0.0613. The Hall–Kier alpha value is -0.630. The minimum Gasteiger partial charge on any atom is -0.303 e. The number of hydrogen-bond acceptors (Lipinski definition) is 2. The molecule has 0 saturated heterocycles. The smallest absolute Gasteiger partial charge is 0.127 e. The fourth-order valence-electron chi connectivity index (χ4n) is 0.940. The normalized spacial score (nSPS) is 13.0. The topological polar surface area (TPSA) is 17.1 Å². The number of carbonyl (C=O) groups excluding carboxylic acids is 1. The second kappa shape index (κ2) is 2.97. The predicted molar refractivity (Wildman–Crippen MR) is 43.5 cm³/mol. The first kappa shape index (κ1) is 7.48. The van der Waals surface area contributed by atoms with Crippen LogP contribution in [0.15, 0.2) is 11.4 Å². The Bertz CT molecular complexity index is 227. The number of carbonyl (C=O) groups is 1. The number of aldehydes is 1. The Kier molecular flexibility index (Phi) is 2.22. The van der Waals surface area contributed by atoms with Crippen molar-refractivity contribution in [3.05, 3.63) is 21.9 Å². The number of hydrogen-bond donors (Lipinski definition) is 0. The molecule has 1 rings (SSSR count). The van der Waals surface area contributed by atoms with Crippen LogP contribution in [0.3, 0.4) is 0 Å². The summed E-state index contributed by atoms with van der Waals surface area (Å²) in [4.78, 5) is 11.6. The van der Waals surface area contributed by atoms with Crippen molar-refractivity contribution in [3.63, 3.8) is 0 Å². The first-order valence-electron chi connectivity index (χ1n) is 3.25. The van der Waals surface area contributed by atoms with Crippen LogP contribution < -0.4 is 0 Å². The van der Waals surface area contributed by atoms with Crippen LogP contribution in [0.2, 0.25) is 0 Å². The standard InChI is InChI=1S/C8H10OS/c1-6(5-9)8-3-4-10-7(8)2/h3-6H,1-2H3. The zero-order valence-electron chi connectivity index (χ0n) is 6.13. The van der Waals surface area contributed by atoms with E-state index in [-0.39, 0.29) is 5.92 Å². The van der Waals surface area contributed by atoms with Crippen molar-refractivity contribution in [3.8, 4) is 0 Å². The third-order valence-electron chi connectivity index (χ3n) is 1.59. The average molecular weight is 154 g/mol. The molecule has 1 aromatic rings.